The molecule has 0 unspecified atom stereocenters. The molecule has 0 saturated carbocycles. The molecule has 1 aliphatic carbocycles. The molecule has 1 atom stereocenters. The van der Waals surface area contributed by atoms with Gasteiger partial charge in [0, 0.05) is 0 Å². The van der Waals surface area contributed by atoms with Crippen molar-refractivity contribution in [2.24, 2.45) is 11.8 Å². The third-order valence-corrected chi connectivity index (χ3v) is 4.99. The largest absolute Gasteiger partial charge is 0.490 e. The van der Waals surface area contributed by atoms with E-state index in [1.165, 1.54) is 18.3 Å². The molecule has 0 N–H and O–H groups in total. The smallest absolute Gasteiger partial charge is 0.400 e. The second-order valence-corrected chi connectivity index (χ2v) is 7.15. The molecule has 0 radical (unpaired) electrons. The second kappa shape index (κ2) is 4.68. The van der Waals surface area contributed by atoms with E-state index in [1.54, 1.807) is 0 Å². The van der Waals surface area contributed by atoms with Crippen LogP contribution in [-0.4, -0.2) is 18.3 Å². The summed E-state index contributed by atoms with van der Waals surface area (Å²) < 4.78 is 12.2. The van der Waals surface area contributed by atoms with Crippen LogP contribution in [0.15, 0.2) is 11.5 Å². The van der Waals surface area contributed by atoms with Gasteiger partial charge in [0.1, 0.15) is 0 Å². The number of hydrogen-bond donors (Lipinski definition) is 0. The minimum absolute atomic E-state index is 0.122. The predicted molar refractivity (Wildman–Crippen MR) is 76.3 cm³/mol. The van der Waals surface area contributed by atoms with E-state index in [0.29, 0.717) is 0 Å². The lowest BCUT2D eigenvalue weighted by atomic mass is 9.69. The quantitative estimate of drug-likeness (QED) is 0.689. The highest BCUT2D eigenvalue weighted by molar-refractivity contribution is 6.54. The topological polar surface area (TPSA) is 18.5 Å². The van der Waals surface area contributed by atoms with Gasteiger partial charge < -0.3 is 9.31 Å². The van der Waals surface area contributed by atoms with Crippen molar-refractivity contribution in [3.8, 4) is 0 Å². The Balaban J connectivity index is 2.04. The minimum atomic E-state index is -0.215. The highest BCUT2D eigenvalue weighted by Crippen LogP contribution is 2.41. The van der Waals surface area contributed by atoms with E-state index in [-0.39, 0.29) is 18.3 Å². The monoisotopic (exact) mass is 250 g/mol. The summed E-state index contributed by atoms with van der Waals surface area (Å²) in [4.78, 5) is 0. The molecule has 1 fully saturated rings. The maximum atomic E-state index is 6.11. The number of rotatable bonds is 2. The summed E-state index contributed by atoms with van der Waals surface area (Å²) in [6.45, 7) is 13.1. The molecule has 0 spiro atoms. The summed E-state index contributed by atoms with van der Waals surface area (Å²) in [5.41, 5.74) is 0.923. The lowest BCUT2D eigenvalue weighted by Crippen LogP contribution is -2.41. The first-order valence-corrected chi connectivity index (χ1v) is 7.27. The van der Waals surface area contributed by atoms with E-state index in [0.717, 1.165) is 18.3 Å². The molecule has 0 aromatic carbocycles. The first-order chi connectivity index (χ1) is 8.23. The molecule has 18 heavy (non-hydrogen) atoms. The Bertz CT molecular complexity index is 328. The molecular formula is C15H27BO2. The fourth-order valence-corrected chi connectivity index (χ4v) is 2.69. The Hall–Kier alpha value is -0.275. The summed E-state index contributed by atoms with van der Waals surface area (Å²) in [6, 6.07) is 0. The van der Waals surface area contributed by atoms with E-state index in [1.807, 2.05) is 0 Å². The van der Waals surface area contributed by atoms with Crippen LogP contribution in [0, 0.1) is 11.8 Å². The molecule has 2 rings (SSSR count). The SMILES string of the molecule is CC(C)[C@@H]1CC=C(B2OC(C)(C)C(C)(C)O2)CC1. The van der Waals surface area contributed by atoms with E-state index < -0.39 is 0 Å². The molecular weight excluding hydrogens is 223 g/mol. The summed E-state index contributed by atoms with van der Waals surface area (Å²) >= 11 is 0. The first kappa shape index (κ1) is 14.1. The van der Waals surface area contributed by atoms with Gasteiger partial charge in [-0.15, -0.1) is 0 Å². The van der Waals surface area contributed by atoms with Crippen molar-refractivity contribution >= 4 is 7.12 Å². The van der Waals surface area contributed by atoms with Crippen LogP contribution < -0.4 is 0 Å². The molecule has 2 aliphatic rings. The van der Waals surface area contributed by atoms with Gasteiger partial charge >= 0.3 is 7.12 Å². The first-order valence-electron chi connectivity index (χ1n) is 7.27. The fourth-order valence-electron chi connectivity index (χ4n) is 2.69. The third-order valence-electron chi connectivity index (χ3n) is 4.99. The van der Waals surface area contributed by atoms with E-state index in [4.69, 9.17) is 9.31 Å². The Labute approximate surface area is 112 Å². The standard InChI is InChI=1S/C15H27BO2/c1-11(2)12-7-9-13(10-8-12)16-17-14(3,4)15(5,6)18-16/h9,11-12H,7-8,10H2,1-6H3/t12-/m1/s1. The molecule has 2 nitrogen and oxygen atoms in total. The van der Waals surface area contributed by atoms with Gasteiger partial charge in [-0.05, 0) is 64.3 Å². The van der Waals surface area contributed by atoms with Crippen molar-refractivity contribution in [1.29, 1.82) is 0 Å². The summed E-state index contributed by atoms with van der Waals surface area (Å²) in [6.07, 6.45) is 5.93. The zero-order valence-corrected chi connectivity index (χ0v) is 12.7. The lowest BCUT2D eigenvalue weighted by molar-refractivity contribution is 0.00578. The van der Waals surface area contributed by atoms with Crippen LogP contribution >= 0.6 is 0 Å². The van der Waals surface area contributed by atoms with E-state index >= 15 is 0 Å². The highest BCUT2D eigenvalue weighted by Gasteiger charge is 2.52. The van der Waals surface area contributed by atoms with Crippen LogP contribution in [0.5, 0.6) is 0 Å². The summed E-state index contributed by atoms with van der Waals surface area (Å²) in [7, 11) is -0.122. The van der Waals surface area contributed by atoms with Crippen molar-refractivity contribution in [1.82, 2.24) is 0 Å². The minimum Gasteiger partial charge on any atom is -0.400 e. The summed E-state index contributed by atoms with van der Waals surface area (Å²) in [5, 5.41) is 0. The van der Waals surface area contributed by atoms with E-state index in [2.05, 4.69) is 47.6 Å². The average Bonchev–Trinajstić information content (AvgIpc) is 2.48. The van der Waals surface area contributed by atoms with Gasteiger partial charge in [-0.2, -0.15) is 0 Å². The maximum Gasteiger partial charge on any atom is 0.490 e. The van der Waals surface area contributed by atoms with Crippen LogP contribution in [0.25, 0.3) is 0 Å². The zero-order chi connectivity index (χ0) is 13.6. The zero-order valence-electron chi connectivity index (χ0n) is 12.7. The van der Waals surface area contributed by atoms with Crippen LogP contribution in [0.2, 0.25) is 0 Å². The predicted octanol–water partition coefficient (Wildman–Crippen LogP) is 4.00. The third kappa shape index (κ3) is 2.53. The molecule has 3 heteroatoms. The van der Waals surface area contributed by atoms with Crippen molar-refractivity contribution in [2.45, 2.75) is 72.0 Å². The Kier molecular flexibility index (Phi) is 3.68. The van der Waals surface area contributed by atoms with Crippen LogP contribution in [-0.2, 0) is 9.31 Å². The molecule has 0 aromatic heterocycles. The molecule has 1 heterocycles. The van der Waals surface area contributed by atoms with Gasteiger partial charge in [-0.3, -0.25) is 0 Å². The molecule has 1 saturated heterocycles. The molecule has 1 aliphatic heterocycles. The second-order valence-electron chi connectivity index (χ2n) is 7.15. The average molecular weight is 250 g/mol. The number of hydrogen-bond acceptors (Lipinski definition) is 2. The molecule has 0 aromatic rings. The van der Waals surface area contributed by atoms with Crippen LogP contribution in [0.1, 0.15) is 60.8 Å². The Morgan fingerprint density at radius 1 is 1.17 bits per heavy atom. The van der Waals surface area contributed by atoms with Crippen LogP contribution in [0.4, 0.5) is 0 Å². The van der Waals surface area contributed by atoms with Crippen LogP contribution in [0.3, 0.4) is 0 Å². The fraction of sp³-hybridized carbons (Fsp3) is 0.867. The van der Waals surface area contributed by atoms with Crippen molar-refractivity contribution in [3.63, 3.8) is 0 Å². The van der Waals surface area contributed by atoms with Crippen molar-refractivity contribution in [2.75, 3.05) is 0 Å². The lowest BCUT2D eigenvalue weighted by Gasteiger charge is -2.32. The molecule has 102 valence electrons. The molecule has 0 amide bonds. The Morgan fingerprint density at radius 3 is 2.11 bits per heavy atom. The van der Waals surface area contributed by atoms with Crippen molar-refractivity contribution < 1.29 is 9.31 Å². The summed E-state index contributed by atoms with van der Waals surface area (Å²) in [5.74, 6) is 1.61. The van der Waals surface area contributed by atoms with Gasteiger partial charge in [0.2, 0.25) is 0 Å². The van der Waals surface area contributed by atoms with Gasteiger partial charge in [0.15, 0.2) is 0 Å². The maximum absolute atomic E-state index is 6.11. The Morgan fingerprint density at radius 2 is 1.72 bits per heavy atom. The van der Waals surface area contributed by atoms with Gasteiger partial charge in [0.05, 0.1) is 11.2 Å². The molecule has 0 bridgehead atoms. The van der Waals surface area contributed by atoms with Crippen molar-refractivity contribution in [3.05, 3.63) is 11.5 Å². The normalized spacial score (nSPS) is 30.7. The number of allylic oxidation sites excluding steroid dienone is 2. The highest BCUT2D eigenvalue weighted by atomic mass is 16.7. The van der Waals surface area contributed by atoms with Gasteiger partial charge in [-0.25, -0.2) is 0 Å². The van der Waals surface area contributed by atoms with Gasteiger partial charge in [0.25, 0.3) is 0 Å². The van der Waals surface area contributed by atoms with E-state index in [9.17, 15) is 0 Å². The van der Waals surface area contributed by atoms with Gasteiger partial charge in [-0.1, -0.05) is 19.9 Å².